The number of sulfonamides is 1. The molecule has 8 nitrogen and oxygen atoms in total. The summed E-state index contributed by atoms with van der Waals surface area (Å²) < 4.78 is 37.9. The number of hydrogen-bond acceptors (Lipinski definition) is 6. The third-order valence-corrected chi connectivity index (χ3v) is 5.89. The van der Waals surface area contributed by atoms with Crippen LogP contribution < -0.4 is 5.32 Å². The fourth-order valence-corrected chi connectivity index (χ4v) is 4.21. The molecule has 1 saturated carbocycles. The van der Waals surface area contributed by atoms with Gasteiger partial charge < -0.3 is 14.2 Å². The lowest BCUT2D eigenvalue weighted by molar-refractivity contribution is 0.0991. The van der Waals surface area contributed by atoms with E-state index in [1.165, 1.54) is 28.9 Å². The second-order valence-corrected chi connectivity index (χ2v) is 7.97. The first-order valence-electron chi connectivity index (χ1n) is 8.40. The van der Waals surface area contributed by atoms with Gasteiger partial charge in [-0.25, -0.2) is 13.4 Å². The highest BCUT2D eigenvalue weighted by atomic mass is 32.2. The molecule has 1 aliphatic rings. The highest BCUT2D eigenvalue weighted by Gasteiger charge is 2.40. The Kier molecular flexibility index (Phi) is 4.54. The van der Waals surface area contributed by atoms with Gasteiger partial charge in [0.25, 0.3) is 15.9 Å². The van der Waals surface area contributed by atoms with E-state index in [0.717, 1.165) is 12.8 Å². The second-order valence-electron chi connectivity index (χ2n) is 6.15. The lowest BCUT2D eigenvalue weighted by Gasteiger charge is -2.19. The summed E-state index contributed by atoms with van der Waals surface area (Å²) in [6, 6.07) is 11.0. The molecule has 1 aliphatic carbocycles. The van der Waals surface area contributed by atoms with Crippen molar-refractivity contribution in [3.8, 4) is 0 Å². The fourth-order valence-electron chi connectivity index (χ4n) is 2.64. The van der Waals surface area contributed by atoms with E-state index in [2.05, 4.69) is 10.3 Å². The number of carbonyl (C=O) groups excluding carboxylic acids is 1. The van der Waals surface area contributed by atoms with E-state index in [1.54, 1.807) is 30.3 Å². The summed E-state index contributed by atoms with van der Waals surface area (Å²) in [6.07, 6.45) is 4.61. The van der Waals surface area contributed by atoms with Crippen molar-refractivity contribution in [2.24, 2.45) is 0 Å². The van der Waals surface area contributed by atoms with Gasteiger partial charge in [0.2, 0.25) is 5.09 Å². The number of rotatable bonds is 7. The smallest absolute Gasteiger partial charge is 0.292 e. The Balaban J connectivity index is 1.54. The molecule has 0 saturated heterocycles. The van der Waals surface area contributed by atoms with Crippen LogP contribution in [0.25, 0.3) is 0 Å². The summed E-state index contributed by atoms with van der Waals surface area (Å²) in [7, 11) is -3.89. The van der Waals surface area contributed by atoms with Gasteiger partial charge in [-0.05, 0) is 49.2 Å². The van der Waals surface area contributed by atoms with Crippen LogP contribution in [0, 0.1) is 0 Å². The monoisotopic (exact) mass is 387 g/mol. The molecule has 0 spiro atoms. The minimum Gasteiger partial charge on any atom is -0.468 e. The minimum absolute atomic E-state index is 0.0870. The molecule has 27 heavy (non-hydrogen) atoms. The van der Waals surface area contributed by atoms with Crippen molar-refractivity contribution in [1.82, 2.24) is 9.29 Å². The lowest BCUT2D eigenvalue weighted by Crippen LogP contribution is -2.32. The first-order chi connectivity index (χ1) is 13.0. The van der Waals surface area contributed by atoms with Gasteiger partial charge in [0.1, 0.15) is 11.6 Å². The molecule has 1 N–H and O–H groups in total. The molecule has 0 unspecified atom stereocenters. The Morgan fingerprint density at radius 1 is 1.19 bits per heavy atom. The number of furan rings is 2. The molecule has 4 rings (SSSR count). The highest BCUT2D eigenvalue weighted by Crippen LogP contribution is 2.34. The lowest BCUT2D eigenvalue weighted by atomic mass is 10.4. The maximum absolute atomic E-state index is 13.0. The number of nitrogens with one attached hydrogen (secondary N) is 1. The summed E-state index contributed by atoms with van der Waals surface area (Å²) >= 11 is 0. The summed E-state index contributed by atoms with van der Waals surface area (Å²) in [5.74, 6) is 0.220. The van der Waals surface area contributed by atoms with Crippen LogP contribution in [0.1, 0.15) is 29.2 Å². The standard InChI is InChI=1S/C18H17N3O5S/c22-18(20-16-5-1-2-10-19-16)15-8-9-17(26-15)27(23,24)21(13-6-7-13)12-14-4-3-11-25-14/h1-5,8-11,13H,6-7,12H2,(H,19,20,22). The zero-order valence-electron chi connectivity index (χ0n) is 14.2. The maximum Gasteiger partial charge on any atom is 0.292 e. The molecule has 1 amide bonds. The van der Waals surface area contributed by atoms with Crippen LogP contribution in [0.3, 0.4) is 0 Å². The third kappa shape index (κ3) is 3.79. The summed E-state index contributed by atoms with van der Waals surface area (Å²) in [6.45, 7) is 0.121. The van der Waals surface area contributed by atoms with Gasteiger partial charge in [-0.15, -0.1) is 0 Å². The molecule has 0 bridgehead atoms. The molecular formula is C18H17N3O5S. The molecular weight excluding hydrogens is 370 g/mol. The zero-order chi connectivity index (χ0) is 18.9. The van der Waals surface area contributed by atoms with E-state index in [-0.39, 0.29) is 23.4 Å². The van der Waals surface area contributed by atoms with Crippen LogP contribution in [0.5, 0.6) is 0 Å². The molecule has 0 radical (unpaired) electrons. The van der Waals surface area contributed by atoms with E-state index < -0.39 is 15.9 Å². The van der Waals surface area contributed by atoms with Crippen LogP contribution in [0.15, 0.2) is 68.9 Å². The molecule has 140 valence electrons. The van der Waals surface area contributed by atoms with Crippen molar-refractivity contribution >= 4 is 21.7 Å². The highest BCUT2D eigenvalue weighted by molar-refractivity contribution is 7.89. The molecule has 3 heterocycles. The average molecular weight is 387 g/mol. The zero-order valence-corrected chi connectivity index (χ0v) is 15.1. The largest absolute Gasteiger partial charge is 0.468 e. The van der Waals surface area contributed by atoms with Gasteiger partial charge in [-0.1, -0.05) is 6.07 Å². The summed E-state index contributed by atoms with van der Waals surface area (Å²) in [4.78, 5) is 16.2. The van der Waals surface area contributed by atoms with Crippen molar-refractivity contribution in [2.45, 2.75) is 30.5 Å². The van der Waals surface area contributed by atoms with Crippen molar-refractivity contribution in [1.29, 1.82) is 0 Å². The van der Waals surface area contributed by atoms with E-state index in [1.807, 2.05) is 0 Å². The van der Waals surface area contributed by atoms with Gasteiger partial charge in [0.15, 0.2) is 5.76 Å². The van der Waals surface area contributed by atoms with Crippen LogP contribution in [-0.4, -0.2) is 29.7 Å². The summed E-state index contributed by atoms with van der Waals surface area (Å²) in [5.41, 5.74) is 0. The van der Waals surface area contributed by atoms with Crippen molar-refractivity contribution < 1.29 is 22.0 Å². The molecule has 0 aromatic carbocycles. The Labute approximate surface area is 155 Å². The molecule has 0 aliphatic heterocycles. The number of pyridine rings is 1. The molecule has 3 aromatic rings. The van der Waals surface area contributed by atoms with Crippen molar-refractivity contribution in [3.05, 3.63) is 66.4 Å². The number of amides is 1. The minimum atomic E-state index is -3.89. The van der Waals surface area contributed by atoms with Gasteiger partial charge in [0, 0.05) is 12.2 Å². The quantitative estimate of drug-likeness (QED) is 0.668. The van der Waals surface area contributed by atoms with Crippen LogP contribution in [-0.2, 0) is 16.6 Å². The van der Waals surface area contributed by atoms with Crippen LogP contribution >= 0.6 is 0 Å². The van der Waals surface area contributed by atoms with Gasteiger partial charge in [0.05, 0.1) is 12.8 Å². The Hall–Kier alpha value is -2.91. The van der Waals surface area contributed by atoms with E-state index in [9.17, 15) is 13.2 Å². The summed E-state index contributed by atoms with van der Waals surface area (Å²) in [5, 5.41) is 2.29. The van der Waals surface area contributed by atoms with Gasteiger partial charge in [-0.2, -0.15) is 4.31 Å². The van der Waals surface area contributed by atoms with Gasteiger partial charge >= 0.3 is 0 Å². The molecule has 3 aromatic heterocycles. The van der Waals surface area contributed by atoms with E-state index in [4.69, 9.17) is 8.83 Å². The Bertz CT molecular complexity index is 1020. The Morgan fingerprint density at radius 3 is 2.70 bits per heavy atom. The number of nitrogens with zero attached hydrogens (tertiary/aromatic N) is 2. The topological polar surface area (TPSA) is 106 Å². The fraction of sp³-hybridized carbons (Fsp3) is 0.222. The van der Waals surface area contributed by atoms with E-state index in [0.29, 0.717) is 11.6 Å². The average Bonchev–Trinajstić information content (AvgIpc) is 3.15. The van der Waals surface area contributed by atoms with Crippen molar-refractivity contribution in [2.75, 3.05) is 5.32 Å². The van der Waals surface area contributed by atoms with E-state index >= 15 is 0 Å². The predicted molar refractivity (Wildman–Crippen MR) is 95.4 cm³/mol. The number of aromatic nitrogens is 1. The third-order valence-electron chi connectivity index (χ3n) is 4.12. The predicted octanol–water partition coefficient (Wildman–Crippen LogP) is 2.87. The first-order valence-corrected chi connectivity index (χ1v) is 9.84. The van der Waals surface area contributed by atoms with Crippen LogP contribution in [0.4, 0.5) is 5.82 Å². The number of anilines is 1. The number of hydrogen-bond donors (Lipinski definition) is 1. The molecule has 1 fully saturated rings. The molecule has 9 heteroatoms. The Morgan fingerprint density at radius 2 is 2.04 bits per heavy atom. The maximum atomic E-state index is 13.0. The number of carbonyl (C=O) groups is 1. The SMILES string of the molecule is O=C(Nc1ccccn1)c1ccc(S(=O)(=O)N(Cc2ccco2)C2CC2)o1. The molecule has 0 atom stereocenters. The van der Waals surface area contributed by atoms with Gasteiger partial charge in [-0.3, -0.25) is 4.79 Å². The van der Waals surface area contributed by atoms with Crippen molar-refractivity contribution in [3.63, 3.8) is 0 Å². The van der Waals surface area contributed by atoms with Crippen LogP contribution in [0.2, 0.25) is 0 Å². The first kappa shape index (κ1) is 17.5. The normalized spacial score (nSPS) is 14.4. The second kappa shape index (κ2) is 7.01.